The number of halogens is 1. The van der Waals surface area contributed by atoms with Crippen LogP contribution < -0.4 is 10.6 Å². The minimum Gasteiger partial charge on any atom is -0.378 e. The number of ether oxygens (including phenoxy) is 1. The molecular formula is C15H21ClN2O. The summed E-state index contributed by atoms with van der Waals surface area (Å²) in [7, 11) is 0. The average molecular weight is 281 g/mol. The molecule has 1 heterocycles. The minimum absolute atomic E-state index is 0.188. The van der Waals surface area contributed by atoms with Gasteiger partial charge in [-0.05, 0) is 30.5 Å². The first-order valence-corrected chi connectivity index (χ1v) is 7.46. The van der Waals surface area contributed by atoms with Gasteiger partial charge in [0, 0.05) is 25.0 Å². The smallest absolute Gasteiger partial charge is 0.0642 e. The van der Waals surface area contributed by atoms with Crippen LogP contribution in [-0.2, 0) is 10.2 Å². The first-order chi connectivity index (χ1) is 9.25. The van der Waals surface area contributed by atoms with Crippen LogP contribution in [0.2, 0.25) is 5.02 Å². The van der Waals surface area contributed by atoms with Gasteiger partial charge >= 0.3 is 0 Å². The Morgan fingerprint density at radius 1 is 1.26 bits per heavy atom. The Hall–Kier alpha value is -0.770. The SMILES string of the molecule is NCC1(c2ccc(N3CCOCC3)c(Cl)c2)CCC1. The molecule has 1 saturated heterocycles. The molecule has 0 bridgehead atoms. The number of hydrogen-bond donors (Lipinski definition) is 1. The lowest BCUT2D eigenvalue weighted by atomic mass is 9.64. The van der Waals surface area contributed by atoms with Crippen LogP contribution in [-0.4, -0.2) is 32.8 Å². The van der Waals surface area contributed by atoms with Crippen molar-refractivity contribution in [2.75, 3.05) is 37.7 Å². The van der Waals surface area contributed by atoms with Gasteiger partial charge in [-0.15, -0.1) is 0 Å². The first-order valence-electron chi connectivity index (χ1n) is 7.08. The molecule has 19 heavy (non-hydrogen) atoms. The Morgan fingerprint density at radius 3 is 2.53 bits per heavy atom. The Bertz CT molecular complexity index is 448. The minimum atomic E-state index is 0.188. The maximum Gasteiger partial charge on any atom is 0.0642 e. The van der Waals surface area contributed by atoms with Crippen molar-refractivity contribution in [3.05, 3.63) is 28.8 Å². The Kier molecular flexibility index (Phi) is 3.70. The van der Waals surface area contributed by atoms with Gasteiger partial charge in [0.1, 0.15) is 0 Å². The van der Waals surface area contributed by atoms with E-state index in [0.717, 1.165) is 43.6 Å². The topological polar surface area (TPSA) is 38.5 Å². The normalized spacial score (nSPS) is 22.1. The summed E-state index contributed by atoms with van der Waals surface area (Å²) >= 11 is 6.48. The van der Waals surface area contributed by atoms with Crippen molar-refractivity contribution < 1.29 is 4.74 Å². The zero-order chi connectivity index (χ0) is 13.3. The fourth-order valence-corrected chi connectivity index (χ4v) is 3.41. The molecule has 1 aliphatic heterocycles. The number of benzene rings is 1. The van der Waals surface area contributed by atoms with Gasteiger partial charge in [-0.1, -0.05) is 24.1 Å². The molecule has 1 aliphatic carbocycles. The van der Waals surface area contributed by atoms with E-state index in [1.807, 2.05) is 0 Å². The van der Waals surface area contributed by atoms with Gasteiger partial charge in [0.25, 0.3) is 0 Å². The quantitative estimate of drug-likeness (QED) is 0.925. The number of nitrogens with two attached hydrogens (primary N) is 1. The van der Waals surface area contributed by atoms with Gasteiger partial charge in [0.15, 0.2) is 0 Å². The van der Waals surface area contributed by atoms with Crippen molar-refractivity contribution in [1.29, 1.82) is 0 Å². The van der Waals surface area contributed by atoms with E-state index >= 15 is 0 Å². The molecule has 1 aromatic carbocycles. The maximum absolute atomic E-state index is 6.48. The van der Waals surface area contributed by atoms with Crippen LogP contribution >= 0.6 is 11.6 Å². The molecule has 0 amide bonds. The van der Waals surface area contributed by atoms with Crippen molar-refractivity contribution in [2.45, 2.75) is 24.7 Å². The average Bonchev–Trinajstić information content (AvgIpc) is 2.39. The van der Waals surface area contributed by atoms with E-state index in [0.29, 0.717) is 0 Å². The second-order valence-electron chi connectivity index (χ2n) is 5.60. The summed E-state index contributed by atoms with van der Waals surface area (Å²) in [4.78, 5) is 2.30. The third-order valence-electron chi connectivity index (χ3n) is 4.61. The monoisotopic (exact) mass is 280 g/mol. The molecule has 1 saturated carbocycles. The highest BCUT2D eigenvalue weighted by atomic mass is 35.5. The summed E-state index contributed by atoms with van der Waals surface area (Å²) in [5, 5.41) is 0.846. The van der Waals surface area contributed by atoms with E-state index in [4.69, 9.17) is 22.1 Å². The van der Waals surface area contributed by atoms with E-state index in [1.165, 1.54) is 24.8 Å². The predicted octanol–water partition coefficient (Wildman–Crippen LogP) is 2.56. The van der Waals surface area contributed by atoms with Crippen molar-refractivity contribution in [2.24, 2.45) is 5.73 Å². The molecule has 0 atom stereocenters. The number of morpholine rings is 1. The fourth-order valence-electron chi connectivity index (χ4n) is 3.11. The number of nitrogens with zero attached hydrogens (tertiary/aromatic N) is 1. The largest absolute Gasteiger partial charge is 0.378 e. The van der Waals surface area contributed by atoms with E-state index in [1.54, 1.807) is 0 Å². The van der Waals surface area contributed by atoms with Crippen molar-refractivity contribution >= 4 is 17.3 Å². The van der Waals surface area contributed by atoms with Gasteiger partial charge in [0.05, 0.1) is 23.9 Å². The molecule has 0 radical (unpaired) electrons. The lowest BCUT2D eigenvalue weighted by molar-refractivity contribution is 0.122. The summed E-state index contributed by atoms with van der Waals surface area (Å²) in [5.41, 5.74) is 8.58. The van der Waals surface area contributed by atoms with Crippen molar-refractivity contribution in [3.63, 3.8) is 0 Å². The molecule has 1 aromatic rings. The van der Waals surface area contributed by atoms with Crippen molar-refractivity contribution in [3.8, 4) is 0 Å². The summed E-state index contributed by atoms with van der Waals surface area (Å²) in [5.74, 6) is 0. The van der Waals surface area contributed by atoms with Gasteiger partial charge < -0.3 is 15.4 Å². The Morgan fingerprint density at radius 2 is 2.00 bits per heavy atom. The molecule has 4 heteroatoms. The molecule has 104 valence electrons. The van der Waals surface area contributed by atoms with E-state index in [9.17, 15) is 0 Å². The van der Waals surface area contributed by atoms with E-state index in [-0.39, 0.29) is 5.41 Å². The summed E-state index contributed by atoms with van der Waals surface area (Å²) in [6.07, 6.45) is 3.66. The van der Waals surface area contributed by atoms with Gasteiger partial charge in [-0.2, -0.15) is 0 Å². The fraction of sp³-hybridized carbons (Fsp3) is 0.600. The van der Waals surface area contributed by atoms with Gasteiger partial charge in [-0.3, -0.25) is 0 Å². The molecule has 2 aliphatic rings. The summed E-state index contributed by atoms with van der Waals surface area (Å²) in [6, 6.07) is 6.49. The first kappa shape index (κ1) is 13.2. The molecular weight excluding hydrogens is 260 g/mol. The maximum atomic E-state index is 6.48. The Balaban J connectivity index is 1.85. The van der Waals surface area contributed by atoms with Crippen LogP contribution in [0.1, 0.15) is 24.8 Å². The van der Waals surface area contributed by atoms with Crippen LogP contribution in [0.25, 0.3) is 0 Å². The predicted molar refractivity (Wildman–Crippen MR) is 79.1 cm³/mol. The highest BCUT2D eigenvalue weighted by Gasteiger charge is 2.37. The lowest BCUT2D eigenvalue weighted by Gasteiger charge is -2.42. The molecule has 2 fully saturated rings. The van der Waals surface area contributed by atoms with E-state index < -0.39 is 0 Å². The van der Waals surface area contributed by atoms with Crippen LogP contribution in [0.5, 0.6) is 0 Å². The standard InChI is InChI=1S/C15H21ClN2O/c16-13-10-12(15(11-17)4-1-5-15)2-3-14(13)18-6-8-19-9-7-18/h2-3,10H,1,4-9,11,17H2. The molecule has 3 nitrogen and oxygen atoms in total. The van der Waals surface area contributed by atoms with Crippen LogP contribution in [0, 0.1) is 0 Å². The van der Waals surface area contributed by atoms with Crippen molar-refractivity contribution in [1.82, 2.24) is 0 Å². The third kappa shape index (κ3) is 2.35. The van der Waals surface area contributed by atoms with Crippen LogP contribution in [0.4, 0.5) is 5.69 Å². The summed E-state index contributed by atoms with van der Waals surface area (Å²) in [6.45, 7) is 4.12. The number of anilines is 1. The molecule has 0 aromatic heterocycles. The molecule has 3 rings (SSSR count). The van der Waals surface area contributed by atoms with Crippen LogP contribution in [0.3, 0.4) is 0 Å². The number of rotatable bonds is 3. The zero-order valence-electron chi connectivity index (χ0n) is 11.2. The highest BCUT2D eigenvalue weighted by molar-refractivity contribution is 6.33. The third-order valence-corrected chi connectivity index (χ3v) is 4.92. The second-order valence-corrected chi connectivity index (χ2v) is 6.01. The molecule has 2 N–H and O–H groups in total. The van der Waals surface area contributed by atoms with Gasteiger partial charge in [-0.25, -0.2) is 0 Å². The van der Waals surface area contributed by atoms with E-state index in [2.05, 4.69) is 23.1 Å². The number of hydrogen-bond acceptors (Lipinski definition) is 3. The molecule has 0 unspecified atom stereocenters. The lowest BCUT2D eigenvalue weighted by Crippen LogP contribution is -2.41. The zero-order valence-corrected chi connectivity index (χ0v) is 12.0. The molecule has 0 spiro atoms. The highest BCUT2D eigenvalue weighted by Crippen LogP contribution is 2.44. The van der Waals surface area contributed by atoms with Crippen LogP contribution in [0.15, 0.2) is 18.2 Å². The second kappa shape index (κ2) is 5.31. The van der Waals surface area contributed by atoms with Gasteiger partial charge in [0.2, 0.25) is 0 Å². The Labute approximate surface area is 119 Å². The summed E-state index contributed by atoms with van der Waals surface area (Å²) < 4.78 is 5.38.